The number of nitrogens with one attached hydrogen (secondary N) is 1. The first-order valence-electron chi connectivity index (χ1n) is 7.76. The number of rotatable bonds is 12. The lowest BCUT2D eigenvalue weighted by Crippen LogP contribution is -2.41. The largest absolute Gasteiger partial charge is 0.450 e. The van der Waals surface area contributed by atoms with Crippen molar-refractivity contribution >= 4 is 6.09 Å². The zero-order valence-electron chi connectivity index (χ0n) is 13.1. The van der Waals surface area contributed by atoms with Gasteiger partial charge in [0.25, 0.3) is 0 Å². The molecule has 4 heteroatoms. The van der Waals surface area contributed by atoms with E-state index < -0.39 is 6.09 Å². The summed E-state index contributed by atoms with van der Waals surface area (Å²) in [6.07, 6.45) is 9.53. The van der Waals surface area contributed by atoms with Crippen molar-refractivity contribution in [2.24, 2.45) is 5.92 Å². The maximum Gasteiger partial charge on any atom is 0.407 e. The molecule has 118 valence electrons. The van der Waals surface area contributed by atoms with Crippen molar-refractivity contribution in [3.05, 3.63) is 12.7 Å². The molecular weight excluding hydrogens is 254 g/mol. The fourth-order valence-electron chi connectivity index (χ4n) is 1.88. The SMILES string of the molecule is C=CCCCCCCCCOC(=O)N[C@H](CO)C(C)C. The molecule has 0 aliphatic heterocycles. The van der Waals surface area contributed by atoms with E-state index in [0.29, 0.717) is 6.61 Å². The number of hydrogen-bond acceptors (Lipinski definition) is 3. The molecule has 0 fully saturated rings. The zero-order valence-corrected chi connectivity index (χ0v) is 13.1. The maximum absolute atomic E-state index is 11.5. The van der Waals surface area contributed by atoms with Crippen molar-refractivity contribution < 1.29 is 14.6 Å². The van der Waals surface area contributed by atoms with Gasteiger partial charge >= 0.3 is 6.09 Å². The van der Waals surface area contributed by atoms with Crippen LogP contribution < -0.4 is 5.32 Å². The van der Waals surface area contributed by atoms with E-state index in [9.17, 15) is 4.79 Å². The van der Waals surface area contributed by atoms with Gasteiger partial charge < -0.3 is 15.2 Å². The second-order valence-corrected chi connectivity index (χ2v) is 5.51. The number of allylic oxidation sites excluding steroid dienone is 1. The Hall–Kier alpha value is -1.03. The minimum absolute atomic E-state index is 0.0581. The van der Waals surface area contributed by atoms with Crippen LogP contribution in [0.1, 0.15) is 58.8 Å². The minimum atomic E-state index is -0.427. The second-order valence-electron chi connectivity index (χ2n) is 5.51. The molecule has 0 heterocycles. The Kier molecular flexibility index (Phi) is 12.3. The van der Waals surface area contributed by atoms with Crippen LogP contribution in [0.2, 0.25) is 0 Å². The summed E-state index contributed by atoms with van der Waals surface area (Å²) in [6, 6.07) is -0.229. The second kappa shape index (κ2) is 13.0. The van der Waals surface area contributed by atoms with Gasteiger partial charge in [-0.3, -0.25) is 0 Å². The fraction of sp³-hybridized carbons (Fsp3) is 0.812. The summed E-state index contributed by atoms with van der Waals surface area (Å²) < 4.78 is 5.10. The molecule has 0 aliphatic carbocycles. The molecule has 0 unspecified atom stereocenters. The first kappa shape index (κ1) is 19.0. The lowest BCUT2D eigenvalue weighted by molar-refractivity contribution is 0.127. The van der Waals surface area contributed by atoms with Gasteiger partial charge in [0.2, 0.25) is 0 Å². The highest BCUT2D eigenvalue weighted by Gasteiger charge is 2.15. The molecule has 0 saturated heterocycles. The Morgan fingerprint density at radius 3 is 2.35 bits per heavy atom. The Morgan fingerprint density at radius 2 is 1.80 bits per heavy atom. The number of hydrogen-bond donors (Lipinski definition) is 2. The van der Waals surface area contributed by atoms with Gasteiger partial charge in [-0.05, 0) is 25.2 Å². The number of carbonyl (C=O) groups is 1. The van der Waals surface area contributed by atoms with Crippen LogP contribution in [0.25, 0.3) is 0 Å². The first-order valence-corrected chi connectivity index (χ1v) is 7.76. The molecule has 0 spiro atoms. The van der Waals surface area contributed by atoms with Crippen LogP contribution in [0.4, 0.5) is 4.79 Å². The number of carbonyl (C=O) groups excluding carboxylic acids is 1. The van der Waals surface area contributed by atoms with Crippen molar-refractivity contribution in [1.82, 2.24) is 5.32 Å². The number of amides is 1. The lowest BCUT2D eigenvalue weighted by atomic mass is 10.1. The smallest absolute Gasteiger partial charge is 0.407 e. The van der Waals surface area contributed by atoms with Crippen LogP contribution in [0.5, 0.6) is 0 Å². The van der Waals surface area contributed by atoms with E-state index in [1.807, 2.05) is 19.9 Å². The average Bonchev–Trinajstić information content (AvgIpc) is 2.42. The highest BCUT2D eigenvalue weighted by molar-refractivity contribution is 5.67. The molecular formula is C16H31NO3. The predicted molar refractivity (Wildman–Crippen MR) is 82.7 cm³/mol. The van der Waals surface area contributed by atoms with Gasteiger partial charge in [0.15, 0.2) is 0 Å². The monoisotopic (exact) mass is 285 g/mol. The topological polar surface area (TPSA) is 58.6 Å². The number of aliphatic hydroxyl groups is 1. The maximum atomic E-state index is 11.5. The molecule has 0 radical (unpaired) electrons. The van der Waals surface area contributed by atoms with Crippen molar-refractivity contribution in [2.45, 2.75) is 64.8 Å². The molecule has 2 N–H and O–H groups in total. The van der Waals surface area contributed by atoms with Gasteiger partial charge in [0.05, 0.1) is 19.3 Å². The number of ether oxygens (including phenoxy) is 1. The third-order valence-corrected chi connectivity index (χ3v) is 3.34. The zero-order chi connectivity index (χ0) is 15.2. The van der Waals surface area contributed by atoms with Crippen LogP contribution in [-0.4, -0.2) is 30.5 Å². The van der Waals surface area contributed by atoms with E-state index >= 15 is 0 Å². The highest BCUT2D eigenvalue weighted by Crippen LogP contribution is 2.07. The van der Waals surface area contributed by atoms with Crippen molar-refractivity contribution in [1.29, 1.82) is 0 Å². The third-order valence-electron chi connectivity index (χ3n) is 3.34. The van der Waals surface area contributed by atoms with E-state index in [4.69, 9.17) is 9.84 Å². The molecule has 0 aromatic heterocycles. The van der Waals surface area contributed by atoms with Gasteiger partial charge in [-0.15, -0.1) is 6.58 Å². The Morgan fingerprint density at radius 1 is 1.20 bits per heavy atom. The Labute approximate surface area is 123 Å². The summed E-state index contributed by atoms with van der Waals surface area (Å²) in [4.78, 5) is 11.5. The van der Waals surface area contributed by atoms with Gasteiger partial charge in [-0.25, -0.2) is 4.79 Å². The molecule has 20 heavy (non-hydrogen) atoms. The highest BCUT2D eigenvalue weighted by atomic mass is 16.5. The van der Waals surface area contributed by atoms with Crippen molar-refractivity contribution in [3.8, 4) is 0 Å². The standard InChI is InChI=1S/C16H31NO3/c1-4-5-6-7-8-9-10-11-12-20-16(19)17-15(13-18)14(2)3/h4,14-15,18H,1,5-13H2,2-3H3,(H,17,19)/t15-/m1/s1. The number of aliphatic hydroxyl groups excluding tert-OH is 1. The molecule has 0 aromatic rings. The van der Waals surface area contributed by atoms with E-state index in [-0.39, 0.29) is 18.6 Å². The normalized spacial score (nSPS) is 12.2. The van der Waals surface area contributed by atoms with E-state index in [1.165, 1.54) is 25.7 Å². The summed E-state index contributed by atoms with van der Waals surface area (Å²) in [6.45, 7) is 8.00. The molecule has 0 rings (SSSR count). The van der Waals surface area contributed by atoms with Crippen LogP contribution in [-0.2, 0) is 4.74 Å². The fourth-order valence-corrected chi connectivity index (χ4v) is 1.88. The van der Waals surface area contributed by atoms with Gasteiger partial charge in [-0.1, -0.05) is 45.6 Å². The molecule has 0 bridgehead atoms. The van der Waals surface area contributed by atoms with E-state index in [2.05, 4.69) is 11.9 Å². The van der Waals surface area contributed by atoms with Crippen LogP contribution in [0.3, 0.4) is 0 Å². The summed E-state index contributed by atoms with van der Waals surface area (Å²) >= 11 is 0. The summed E-state index contributed by atoms with van der Waals surface area (Å²) in [5.74, 6) is 0.197. The third kappa shape index (κ3) is 10.9. The quantitative estimate of drug-likeness (QED) is 0.425. The van der Waals surface area contributed by atoms with E-state index in [0.717, 1.165) is 19.3 Å². The average molecular weight is 285 g/mol. The molecule has 0 aromatic carbocycles. The van der Waals surface area contributed by atoms with Crippen LogP contribution in [0.15, 0.2) is 12.7 Å². The minimum Gasteiger partial charge on any atom is -0.450 e. The summed E-state index contributed by atoms with van der Waals surface area (Å²) in [5, 5.41) is 11.8. The molecule has 0 aliphatic rings. The van der Waals surface area contributed by atoms with E-state index in [1.54, 1.807) is 0 Å². The van der Waals surface area contributed by atoms with Crippen molar-refractivity contribution in [3.63, 3.8) is 0 Å². The number of unbranched alkanes of at least 4 members (excludes halogenated alkanes) is 6. The van der Waals surface area contributed by atoms with Crippen LogP contribution in [0, 0.1) is 5.92 Å². The van der Waals surface area contributed by atoms with Gasteiger partial charge in [0, 0.05) is 0 Å². The van der Waals surface area contributed by atoms with Gasteiger partial charge in [0.1, 0.15) is 0 Å². The summed E-state index contributed by atoms with van der Waals surface area (Å²) in [7, 11) is 0. The summed E-state index contributed by atoms with van der Waals surface area (Å²) in [5.41, 5.74) is 0. The van der Waals surface area contributed by atoms with Crippen molar-refractivity contribution in [2.75, 3.05) is 13.2 Å². The number of alkyl carbamates (subject to hydrolysis) is 1. The Bertz CT molecular complexity index is 254. The first-order chi connectivity index (χ1) is 9.61. The molecule has 0 saturated carbocycles. The Balaban J connectivity index is 3.41. The molecule has 4 nitrogen and oxygen atoms in total. The predicted octanol–water partition coefficient (Wildman–Crippen LogP) is 3.65. The molecule has 1 atom stereocenters. The lowest BCUT2D eigenvalue weighted by Gasteiger charge is -2.19. The van der Waals surface area contributed by atoms with Crippen LogP contribution >= 0.6 is 0 Å². The van der Waals surface area contributed by atoms with Gasteiger partial charge in [-0.2, -0.15) is 0 Å². The molecule has 1 amide bonds.